The number of ether oxygens (including phenoxy) is 1. The molecule has 1 unspecified atom stereocenters. The van der Waals surface area contributed by atoms with E-state index in [1.165, 1.54) is 0 Å². The number of hydrogen-bond acceptors (Lipinski definition) is 3. The maximum atomic E-state index is 12.1. The highest BCUT2D eigenvalue weighted by molar-refractivity contribution is 9.10. The van der Waals surface area contributed by atoms with E-state index < -0.39 is 11.9 Å². The van der Waals surface area contributed by atoms with E-state index in [1.54, 1.807) is 11.8 Å². The molecule has 4 nitrogen and oxygen atoms in total. The molecule has 1 atom stereocenters. The maximum Gasteiger partial charge on any atom is 0.318 e. The first-order valence-corrected chi connectivity index (χ1v) is 6.66. The summed E-state index contributed by atoms with van der Waals surface area (Å²) in [5.74, 6) is -1.23. The average molecular weight is 312 g/mol. The van der Waals surface area contributed by atoms with Crippen molar-refractivity contribution in [3.8, 4) is 0 Å². The van der Waals surface area contributed by atoms with Gasteiger partial charge < -0.3 is 9.64 Å². The first kappa shape index (κ1) is 13.1. The zero-order valence-corrected chi connectivity index (χ0v) is 11.6. The first-order valence-electron chi connectivity index (χ1n) is 5.87. The SMILES string of the molecule is CCOC(=O)C1CCN(c2ccc(Br)cc2)C1=O. The summed E-state index contributed by atoms with van der Waals surface area (Å²) < 4.78 is 5.86. The summed E-state index contributed by atoms with van der Waals surface area (Å²) in [4.78, 5) is 25.4. The largest absolute Gasteiger partial charge is 0.465 e. The van der Waals surface area contributed by atoms with Crippen LogP contribution in [0.4, 0.5) is 5.69 Å². The molecule has 0 spiro atoms. The second kappa shape index (κ2) is 5.52. The van der Waals surface area contributed by atoms with Crippen molar-refractivity contribution in [2.24, 2.45) is 5.92 Å². The Balaban J connectivity index is 2.12. The molecule has 0 aromatic heterocycles. The van der Waals surface area contributed by atoms with Gasteiger partial charge in [-0.25, -0.2) is 0 Å². The lowest BCUT2D eigenvalue weighted by molar-refractivity contribution is -0.150. The second-order valence-corrected chi connectivity index (χ2v) is 4.98. The summed E-state index contributed by atoms with van der Waals surface area (Å²) in [5.41, 5.74) is 0.815. The average Bonchev–Trinajstić information content (AvgIpc) is 2.73. The highest BCUT2D eigenvalue weighted by atomic mass is 79.9. The van der Waals surface area contributed by atoms with Crippen LogP contribution in [0.3, 0.4) is 0 Å². The van der Waals surface area contributed by atoms with Crippen LogP contribution in [0.2, 0.25) is 0 Å². The fourth-order valence-electron chi connectivity index (χ4n) is 2.02. The molecule has 1 aliphatic rings. The van der Waals surface area contributed by atoms with Crippen molar-refractivity contribution in [2.75, 3.05) is 18.1 Å². The van der Waals surface area contributed by atoms with E-state index >= 15 is 0 Å². The van der Waals surface area contributed by atoms with Crippen LogP contribution in [0, 0.1) is 5.92 Å². The number of carbonyl (C=O) groups excluding carboxylic acids is 2. The van der Waals surface area contributed by atoms with E-state index in [1.807, 2.05) is 24.3 Å². The molecule has 0 bridgehead atoms. The standard InChI is InChI=1S/C13H14BrNO3/c1-2-18-13(17)11-7-8-15(12(11)16)10-5-3-9(14)4-6-10/h3-6,11H,2,7-8H2,1H3. The summed E-state index contributed by atoms with van der Waals surface area (Å²) >= 11 is 3.35. The molecule has 1 fully saturated rings. The molecule has 1 heterocycles. The van der Waals surface area contributed by atoms with Gasteiger partial charge in [0.1, 0.15) is 5.92 Å². The number of amides is 1. The van der Waals surface area contributed by atoms with Gasteiger partial charge in [-0.2, -0.15) is 0 Å². The number of benzene rings is 1. The zero-order chi connectivity index (χ0) is 13.1. The molecule has 5 heteroatoms. The molecule has 0 radical (unpaired) electrons. The van der Waals surface area contributed by atoms with Crippen LogP contribution in [-0.2, 0) is 14.3 Å². The van der Waals surface area contributed by atoms with Crippen molar-refractivity contribution in [1.82, 2.24) is 0 Å². The third-order valence-electron chi connectivity index (χ3n) is 2.91. The summed E-state index contributed by atoms with van der Waals surface area (Å²) in [6.07, 6.45) is 0.522. The van der Waals surface area contributed by atoms with E-state index in [0.29, 0.717) is 19.6 Å². The van der Waals surface area contributed by atoms with Gasteiger partial charge >= 0.3 is 5.97 Å². The van der Waals surface area contributed by atoms with Crippen LogP contribution in [0.25, 0.3) is 0 Å². The van der Waals surface area contributed by atoms with Crippen molar-refractivity contribution in [2.45, 2.75) is 13.3 Å². The lowest BCUT2D eigenvalue weighted by Gasteiger charge is -2.16. The first-order chi connectivity index (χ1) is 8.63. The Kier molecular flexibility index (Phi) is 4.01. The Bertz CT molecular complexity index is 458. The minimum atomic E-state index is -0.645. The van der Waals surface area contributed by atoms with Gasteiger partial charge in [-0.15, -0.1) is 0 Å². The van der Waals surface area contributed by atoms with Crippen molar-refractivity contribution in [3.63, 3.8) is 0 Å². The normalized spacial score (nSPS) is 19.1. The molecule has 2 rings (SSSR count). The van der Waals surface area contributed by atoms with Gasteiger partial charge in [0.15, 0.2) is 0 Å². The molecule has 18 heavy (non-hydrogen) atoms. The van der Waals surface area contributed by atoms with E-state index in [4.69, 9.17) is 4.74 Å². The third kappa shape index (κ3) is 2.56. The molecular weight excluding hydrogens is 298 g/mol. The van der Waals surface area contributed by atoms with Crippen molar-refractivity contribution in [3.05, 3.63) is 28.7 Å². The van der Waals surface area contributed by atoms with Crippen LogP contribution in [0.5, 0.6) is 0 Å². The van der Waals surface area contributed by atoms with Crippen LogP contribution in [-0.4, -0.2) is 25.0 Å². The number of rotatable bonds is 3. The molecule has 96 valence electrons. The quantitative estimate of drug-likeness (QED) is 0.636. The van der Waals surface area contributed by atoms with Crippen molar-refractivity contribution < 1.29 is 14.3 Å². The predicted octanol–water partition coefficient (Wildman–Crippen LogP) is 2.37. The van der Waals surface area contributed by atoms with Gasteiger partial charge in [0.2, 0.25) is 5.91 Å². The van der Waals surface area contributed by atoms with Gasteiger partial charge in [0.05, 0.1) is 6.61 Å². The van der Waals surface area contributed by atoms with Gasteiger partial charge in [0.25, 0.3) is 0 Å². The molecule has 1 aromatic carbocycles. The van der Waals surface area contributed by atoms with Gasteiger partial charge in [0, 0.05) is 16.7 Å². The van der Waals surface area contributed by atoms with Crippen LogP contribution in [0.15, 0.2) is 28.7 Å². The summed E-state index contributed by atoms with van der Waals surface area (Å²) in [6, 6.07) is 7.46. The number of anilines is 1. The van der Waals surface area contributed by atoms with Crippen molar-refractivity contribution in [1.29, 1.82) is 0 Å². The third-order valence-corrected chi connectivity index (χ3v) is 3.44. The topological polar surface area (TPSA) is 46.6 Å². The summed E-state index contributed by atoms with van der Waals surface area (Å²) in [6.45, 7) is 2.61. The smallest absolute Gasteiger partial charge is 0.318 e. The number of hydrogen-bond donors (Lipinski definition) is 0. The number of halogens is 1. The van der Waals surface area contributed by atoms with Gasteiger partial charge in [-0.3, -0.25) is 9.59 Å². The lowest BCUT2D eigenvalue weighted by atomic mass is 10.1. The fourth-order valence-corrected chi connectivity index (χ4v) is 2.28. The number of carbonyl (C=O) groups is 2. The second-order valence-electron chi connectivity index (χ2n) is 4.06. The van der Waals surface area contributed by atoms with Gasteiger partial charge in [-0.1, -0.05) is 15.9 Å². The number of esters is 1. The highest BCUT2D eigenvalue weighted by Crippen LogP contribution is 2.27. The minimum absolute atomic E-state index is 0.171. The molecule has 1 aromatic rings. The molecule has 1 amide bonds. The Morgan fingerprint density at radius 2 is 2.11 bits per heavy atom. The van der Waals surface area contributed by atoms with E-state index in [2.05, 4.69) is 15.9 Å². The van der Waals surface area contributed by atoms with E-state index in [-0.39, 0.29) is 5.91 Å². The van der Waals surface area contributed by atoms with E-state index in [0.717, 1.165) is 10.2 Å². The van der Waals surface area contributed by atoms with Crippen LogP contribution < -0.4 is 4.90 Å². The highest BCUT2D eigenvalue weighted by Gasteiger charge is 2.38. The number of nitrogens with zero attached hydrogens (tertiary/aromatic N) is 1. The zero-order valence-electron chi connectivity index (χ0n) is 10.1. The van der Waals surface area contributed by atoms with Crippen LogP contribution >= 0.6 is 15.9 Å². The monoisotopic (exact) mass is 311 g/mol. The Labute approximate surface area is 114 Å². The Morgan fingerprint density at radius 1 is 1.44 bits per heavy atom. The fraction of sp³-hybridized carbons (Fsp3) is 0.385. The van der Waals surface area contributed by atoms with Crippen LogP contribution in [0.1, 0.15) is 13.3 Å². The van der Waals surface area contributed by atoms with Crippen molar-refractivity contribution >= 4 is 33.5 Å². The summed E-state index contributed by atoms with van der Waals surface area (Å²) in [5, 5.41) is 0. The Hall–Kier alpha value is -1.36. The summed E-state index contributed by atoms with van der Waals surface area (Å²) in [7, 11) is 0. The molecule has 0 saturated carbocycles. The Morgan fingerprint density at radius 3 is 2.72 bits per heavy atom. The van der Waals surface area contributed by atoms with E-state index in [9.17, 15) is 9.59 Å². The minimum Gasteiger partial charge on any atom is -0.465 e. The predicted molar refractivity (Wildman–Crippen MR) is 71.2 cm³/mol. The molecule has 0 aliphatic carbocycles. The van der Waals surface area contributed by atoms with Gasteiger partial charge in [-0.05, 0) is 37.6 Å². The molecule has 1 aliphatic heterocycles. The molecule has 1 saturated heterocycles. The lowest BCUT2D eigenvalue weighted by Crippen LogP contribution is -2.31. The maximum absolute atomic E-state index is 12.1. The molecule has 0 N–H and O–H groups in total. The molecular formula is C13H14BrNO3.